The van der Waals surface area contributed by atoms with Crippen LogP contribution in [-0.4, -0.2) is 36.7 Å². The topological polar surface area (TPSA) is 91.4 Å². The van der Waals surface area contributed by atoms with Gasteiger partial charge < -0.3 is 20.7 Å². The third kappa shape index (κ3) is 2.90. The van der Waals surface area contributed by atoms with Crippen LogP contribution in [0.2, 0.25) is 0 Å². The molecule has 0 spiro atoms. The van der Waals surface area contributed by atoms with Gasteiger partial charge in [0, 0.05) is 17.9 Å². The largest absolute Gasteiger partial charge is 0.399 e. The maximum Gasteiger partial charge on any atom is 0.322 e. The van der Waals surface area contributed by atoms with Crippen LogP contribution >= 0.6 is 0 Å². The molecule has 1 saturated heterocycles. The summed E-state index contributed by atoms with van der Waals surface area (Å²) < 4.78 is 5.17. The average Bonchev–Trinajstić information content (AvgIpc) is 2.39. The van der Waals surface area contributed by atoms with Gasteiger partial charge in [-0.15, -0.1) is 0 Å². The third-order valence-electron chi connectivity index (χ3n) is 2.64. The number of nitriles is 1. The standard InChI is InChI=1S/C12H14N4O2/c13-7-11-8-16(4-5-18-11)12(17)15-10-3-1-2-9(14)6-10/h1-3,6,11H,4-5,8,14H2,(H,15,17). The quantitative estimate of drug-likeness (QED) is 0.724. The summed E-state index contributed by atoms with van der Waals surface area (Å²) in [5.74, 6) is 0. The zero-order chi connectivity index (χ0) is 13.0. The van der Waals surface area contributed by atoms with Crippen LogP contribution in [0.5, 0.6) is 0 Å². The van der Waals surface area contributed by atoms with Gasteiger partial charge in [-0.3, -0.25) is 0 Å². The molecule has 6 nitrogen and oxygen atoms in total. The van der Waals surface area contributed by atoms with Crippen LogP contribution in [0.3, 0.4) is 0 Å². The molecular formula is C12H14N4O2. The number of urea groups is 1. The van der Waals surface area contributed by atoms with Crippen molar-refractivity contribution in [1.29, 1.82) is 5.26 Å². The van der Waals surface area contributed by atoms with E-state index in [9.17, 15) is 4.79 Å². The van der Waals surface area contributed by atoms with Gasteiger partial charge >= 0.3 is 6.03 Å². The van der Waals surface area contributed by atoms with Crippen LogP contribution in [0.4, 0.5) is 16.2 Å². The smallest absolute Gasteiger partial charge is 0.322 e. The van der Waals surface area contributed by atoms with Crippen LogP contribution < -0.4 is 11.1 Å². The SMILES string of the molecule is N#CC1CN(C(=O)Nc2cccc(N)c2)CCO1. The highest BCUT2D eigenvalue weighted by Crippen LogP contribution is 2.13. The molecule has 0 radical (unpaired) electrons. The first kappa shape index (κ1) is 12.2. The molecule has 1 unspecified atom stereocenters. The first-order valence-electron chi connectivity index (χ1n) is 5.62. The fourth-order valence-corrected chi connectivity index (χ4v) is 1.73. The lowest BCUT2D eigenvalue weighted by molar-refractivity contribution is 0.0181. The van der Waals surface area contributed by atoms with Gasteiger partial charge in [0.25, 0.3) is 0 Å². The zero-order valence-corrected chi connectivity index (χ0v) is 9.80. The van der Waals surface area contributed by atoms with Gasteiger partial charge in [-0.1, -0.05) is 6.07 Å². The number of nitrogens with two attached hydrogens (primary N) is 1. The highest BCUT2D eigenvalue weighted by atomic mass is 16.5. The molecule has 1 heterocycles. The second kappa shape index (κ2) is 5.38. The molecule has 1 aromatic carbocycles. The van der Waals surface area contributed by atoms with Crippen LogP contribution in [0, 0.1) is 11.3 Å². The first-order valence-corrected chi connectivity index (χ1v) is 5.62. The molecule has 1 aromatic rings. The lowest BCUT2D eigenvalue weighted by Crippen LogP contribution is -2.46. The molecule has 0 aromatic heterocycles. The molecule has 2 rings (SSSR count). The molecule has 94 valence electrons. The predicted molar refractivity (Wildman–Crippen MR) is 66.8 cm³/mol. The molecular weight excluding hydrogens is 232 g/mol. The summed E-state index contributed by atoms with van der Waals surface area (Å²) in [4.78, 5) is 13.5. The number of nitrogens with zero attached hydrogens (tertiary/aromatic N) is 2. The van der Waals surface area contributed by atoms with Crippen molar-refractivity contribution in [2.45, 2.75) is 6.10 Å². The van der Waals surface area contributed by atoms with Gasteiger partial charge in [-0.25, -0.2) is 4.79 Å². The Bertz CT molecular complexity index is 483. The monoisotopic (exact) mass is 246 g/mol. The number of carbonyl (C=O) groups excluding carboxylic acids is 1. The van der Waals surface area contributed by atoms with Crippen LogP contribution in [0.25, 0.3) is 0 Å². The van der Waals surface area contributed by atoms with E-state index in [1.165, 1.54) is 0 Å². The molecule has 18 heavy (non-hydrogen) atoms. The van der Waals surface area contributed by atoms with E-state index in [1.807, 2.05) is 6.07 Å². The van der Waals surface area contributed by atoms with Crippen molar-refractivity contribution in [3.05, 3.63) is 24.3 Å². The molecule has 1 fully saturated rings. The van der Waals surface area contributed by atoms with E-state index in [0.717, 1.165) is 0 Å². The number of nitrogen functional groups attached to an aromatic ring is 1. The van der Waals surface area contributed by atoms with Gasteiger partial charge in [0.15, 0.2) is 6.10 Å². The number of benzene rings is 1. The zero-order valence-electron chi connectivity index (χ0n) is 9.80. The summed E-state index contributed by atoms with van der Waals surface area (Å²) in [7, 11) is 0. The number of morpholine rings is 1. The molecule has 0 bridgehead atoms. The van der Waals surface area contributed by atoms with Gasteiger partial charge in [0.2, 0.25) is 0 Å². The Morgan fingerprint density at radius 2 is 2.44 bits per heavy atom. The molecule has 1 aliphatic rings. The highest BCUT2D eigenvalue weighted by molar-refractivity contribution is 5.89. The van der Waals surface area contributed by atoms with Crippen molar-refractivity contribution >= 4 is 17.4 Å². The van der Waals surface area contributed by atoms with Gasteiger partial charge in [0.05, 0.1) is 19.2 Å². The Labute approximate surface area is 105 Å². The van der Waals surface area contributed by atoms with Crippen molar-refractivity contribution in [2.75, 3.05) is 30.7 Å². The molecule has 2 amide bonds. The number of anilines is 2. The summed E-state index contributed by atoms with van der Waals surface area (Å²) in [6.07, 6.45) is -0.551. The van der Waals surface area contributed by atoms with Crippen molar-refractivity contribution in [3.63, 3.8) is 0 Å². The fraction of sp³-hybridized carbons (Fsp3) is 0.333. The number of amides is 2. The summed E-state index contributed by atoms with van der Waals surface area (Å²) in [6, 6.07) is 8.71. The molecule has 6 heteroatoms. The number of carbonyl (C=O) groups is 1. The summed E-state index contributed by atoms with van der Waals surface area (Å²) in [6.45, 7) is 1.14. The second-order valence-electron chi connectivity index (χ2n) is 3.99. The number of nitrogens with one attached hydrogen (secondary N) is 1. The fourth-order valence-electron chi connectivity index (χ4n) is 1.73. The van der Waals surface area contributed by atoms with E-state index in [1.54, 1.807) is 29.2 Å². The maximum atomic E-state index is 11.9. The van der Waals surface area contributed by atoms with Crippen molar-refractivity contribution in [3.8, 4) is 6.07 Å². The van der Waals surface area contributed by atoms with Crippen molar-refractivity contribution in [2.24, 2.45) is 0 Å². The Balaban J connectivity index is 1.98. The van der Waals surface area contributed by atoms with Gasteiger partial charge in [-0.05, 0) is 18.2 Å². The lowest BCUT2D eigenvalue weighted by Gasteiger charge is -2.29. The van der Waals surface area contributed by atoms with Gasteiger partial charge in [0.1, 0.15) is 0 Å². The van der Waals surface area contributed by atoms with E-state index in [-0.39, 0.29) is 12.6 Å². The van der Waals surface area contributed by atoms with Crippen LogP contribution in [0.1, 0.15) is 0 Å². The minimum Gasteiger partial charge on any atom is -0.399 e. The predicted octanol–water partition coefficient (Wildman–Crippen LogP) is 1.03. The Hall–Kier alpha value is -2.26. The second-order valence-corrected chi connectivity index (χ2v) is 3.99. The third-order valence-corrected chi connectivity index (χ3v) is 2.64. The minimum atomic E-state index is -0.551. The average molecular weight is 246 g/mol. The number of ether oxygens (including phenoxy) is 1. The Morgan fingerprint density at radius 3 is 3.17 bits per heavy atom. The normalized spacial score (nSPS) is 19.1. The number of rotatable bonds is 1. The van der Waals surface area contributed by atoms with E-state index < -0.39 is 6.10 Å². The van der Waals surface area contributed by atoms with E-state index in [0.29, 0.717) is 24.5 Å². The number of hydrogen-bond donors (Lipinski definition) is 2. The van der Waals surface area contributed by atoms with Gasteiger partial charge in [-0.2, -0.15) is 5.26 Å². The molecule has 1 aliphatic heterocycles. The molecule has 3 N–H and O–H groups in total. The Kier molecular flexibility index (Phi) is 3.65. The van der Waals surface area contributed by atoms with E-state index >= 15 is 0 Å². The Morgan fingerprint density at radius 1 is 1.61 bits per heavy atom. The van der Waals surface area contributed by atoms with Crippen molar-refractivity contribution < 1.29 is 9.53 Å². The highest BCUT2D eigenvalue weighted by Gasteiger charge is 2.23. The minimum absolute atomic E-state index is 0.246. The van der Waals surface area contributed by atoms with Crippen LogP contribution in [-0.2, 0) is 4.74 Å². The number of hydrogen-bond acceptors (Lipinski definition) is 4. The summed E-state index contributed by atoms with van der Waals surface area (Å²) in [5.41, 5.74) is 6.85. The van der Waals surface area contributed by atoms with E-state index in [4.69, 9.17) is 15.7 Å². The summed E-state index contributed by atoms with van der Waals surface area (Å²) >= 11 is 0. The lowest BCUT2D eigenvalue weighted by atomic mass is 10.3. The molecule has 0 saturated carbocycles. The first-order chi connectivity index (χ1) is 8.69. The maximum absolute atomic E-state index is 11.9. The molecule has 1 atom stereocenters. The molecule has 0 aliphatic carbocycles. The van der Waals surface area contributed by atoms with E-state index in [2.05, 4.69) is 5.32 Å². The van der Waals surface area contributed by atoms with Crippen LogP contribution in [0.15, 0.2) is 24.3 Å². The van der Waals surface area contributed by atoms with Crippen molar-refractivity contribution in [1.82, 2.24) is 4.90 Å². The summed E-state index contributed by atoms with van der Waals surface area (Å²) in [5, 5.41) is 11.5.